The SMILES string of the molecule is O=C1c2ccccc2C(O)N1c1cccc(Cl)c1F. The van der Waals surface area contributed by atoms with E-state index in [9.17, 15) is 14.3 Å². The predicted molar refractivity (Wildman–Crippen MR) is 69.6 cm³/mol. The van der Waals surface area contributed by atoms with Crippen LogP contribution in [0.15, 0.2) is 42.5 Å². The van der Waals surface area contributed by atoms with Crippen LogP contribution in [-0.2, 0) is 0 Å². The Hall–Kier alpha value is -1.91. The van der Waals surface area contributed by atoms with Crippen LogP contribution in [-0.4, -0.2) is 11.0 Å². The second-order valence-electron chi connectivity index (χ2n) is 4.21. The van der Waals surface area contributed by atoms with Crippen molar-refractivity contribution in [3.8, 4) is 0 Å². The molecule has 1 amide bonds. The van der Waals surface area contributed by atoms with Crippen LogP contribution >= 0.6 is 11.6 Å². The van der Waals surface area contributed by atoms with Gasteiger partial charge >= 0.3 is 0 Å². The molecule has 0 aromatic heterocycles. The van der Waals surface area contributed by atoms with Crippen LogP contribution in [0.1, 0.15) is 22.1 Å². The van der Waals surface area contributed by atoms with Gasteiger partial charge in [0.05, 0.1) is 10.7 Å². The van der Waals surface area contributed by atoms with Gasteiger partial charge < -0.3 is 5.11 Å². The number of hydrogen-bond donors (Lipinski definition) is 1. The molecule has 96 valence electrons. The molecule has 19 heavy (non-hydrogen) atoms. The van der Waals surface area contributed by atoms with Gasteiger partial charge in [-0.25, -0.2) is 4.39 Å². The first kappa shape index (κ1) is 12.1. The summed E-state index contributed by atoms with van der Waals surface area (Å²) in [6.07, 6.45) is -1.20. The third-order valence-electron chi connectivity index (χ3n) is 3.12. The van der Waals surface area contributed by atoms with Gasteiger partial charge in [0, 0.05) is 11.1 Å². The molecule has 5 heteroatoms. The molecule has 0 radical (unpaired) electrons. The van der Waals surface area contributed by atoms with E-state index in [2.05, 4.69) is 0 Å². The largest absolute Gasteiger partial charge is 0.369 e. The highest BCUT2D eigenvalue weighted by atomic mass is 35.5. The maximum atomic E-state index is 14.0. The zero-order valence-corrected chi connectivity index (χ0v) is 10.4. The van der Waals surface area contributed by atoms with E-state index in [1.54, 1.807) is 24.3 Å². The van der Waals surface area contributed by atoms with Gasteiger partial charge in [0.25, 0.3) is 5.91 Å². The molecule has 1 heterocycles. The molecule has 0 fully saturated rings. The number of rotatable bonds is 1. The summed E-state index contributed by atoms with van der Waals surface area (Å²) in [4.78, 5) is 13.2. The highest BCUT2D eigenvalue weighted by Gasteiger charge is 2.37. The number of fused-ring (bicyclic) bond motifs is 1. The fraction of sp³-hybridized carbons (Fsp3) is 0.0714. The molecule has 0 spiro atoms. The molecule has 0 saturated heterocycles. The van der Waals surface area contributed by atoms with Gasteiger partial charge in [-0.05, 0) is 18.2 Å². The van der Waals surface area contributed by atoms with Crippen molar-refractivity contribution in [2.45, 2.75) is 6.23 Å². The number of hydrogen-bond acceptors (Lipinski definition) is 2. The smallest absolute Gasteiger partial charge is 0.261 e. The van der Waals surface area contributed by atoms with E-state index in [-0.39, 0.29) is 10.7 Å². The Morgan fingerprint density at radius 2 is 1.89 bits per heavy atom. The van der Waals surface area contributed by atoms with Crippen LogP contribution in [0, 0.1) is 5.82 Å². The summed E-state index contributed by atoms with van der Waals surface area (Å²) < 4.78 is 14.0. The summed E-state index contributed by atoms with van der Waals surface area (Å²) in [6, 6.07) is 11.0. The number of anilines is 1. The third-order valence-corrected chi connectivity index (χ3v) is 3.42. The Balaban J connectivity index is 2.14. The van der Waals surface area contributed by atoms with Gasteiger partial charge in [0.15, 0.2) is 12.0 Å². The highest BCUT2D eigenvalue weighted by molar-refractivity contribution is 6.31. The lowest BCUT2D eigenvalue weighted by atomic mass is 10.1. The third kappa shape index (κ3) is 1.72. The molecule has 1 atom stereocenters. The molecule has 3 nitrogen and oxygen atoms in total. The van der Waals surface area contributed by atoms with Crippen LogP contribution in [0.4, 0.5) is 10.1 Å². The molecular weight excluding hydrogens is 269 g/mol. The summed E-state index contributed by atoms with van der Waals surface area (Å²) in [7, 11) is 0. The molecule has 0 aliphatic carbocycles. The average molecular weight is 278 g/mol. The lowest BCUT2D eigenvalue weighted by Gasteiger charge is -2.21. The number of halogens is 2. The van der Waals surface area contributed by atoms with E-state index in [0.717, 1.165) is 4.90 Å². The monoisotopic (exact) mass is 277 g/mol. The Labute approximate surface area is 113 Å². The van der Waals surface area contributed by atoms with Crippen molar-refractivity contribution in [1.29, 1.82) is 0 Å². The van der Waals surface area contributed by atoms with E-state index in [1.165, 1.54) is 18.2 Å². The summed E-state index contributed by atoms with van der Waals surface area (Å²) in [5.74, 6) is -1.16. The first-order valence-corrected chi connectivity index (χ1v) is 6.03. The summed E-state index contributed by atoms with van der Waals surface area (Å²) in [5, 5.41) is 10.1. The minimum atomic E-state index is -1.20. The number of nitrogens with zero attached hydrogens (tertiary/aromatic N) is 1. The fourth-order valence-electron chi connectivity index (χ4n) is 2.22. The minimum Gasteiger partial charge on any atom is -0.369 e. The van der Waals surface area contributed by atoms with Gasteiger partial charge in [0.1, 0.15) is 0 Å². The Morgan fingerprint density at radius 1 is 1.16 bits per heavy atom. The number of benzene rings is 2. The van der Waals surface area contributed by atoms with E-state index >= 15 is 0 Å². The summed E-state index contributed by atoms with van der Waals surface area (Å²) in [5.41, 5.74) is 0.808. The molecule has 3 rings (SSSR count). The number of aliphatic hydroxyl groups is 1. The van der Waals surface area contributed by atoms with E-state index in [0.29, 0.717) is 11.1 Å². The zero-order chi connectivity index (χ0) is 13.6. The molecule has 2 aromatic rings. The van der Waals surface area contributed by atoms with Crippen molar-refractivity contribution < 1.29 is 14.3 Å². The van der Waals surface area contributed by atoms with Crippen molar-refractivity contribution in [2.24, 2.45) is 0 Å². The van der Waals surface area contributed by atoms with Crippen molar-refractivity contribution in [2.75, 3.05) is 4.90 Å². The van der Waals surface area contributed by atoms with Gasteiger partial charge in [-0.2, -0.15) is 0 Å². The van der Waals surface area contributed by atoms with Crippen LogP contribution in [0.25, 0.3) is 0 Å². The second kappa shape index (κ2) is 4.33. The van der Waals surface area contributed by atoms with E-state index < -0.39 is 18.0 Å². The zero-order valence-electron chi connectivity index (χ0n) is 9.68. The number of aliphatic hydroxyl groups excluding tert-OH is 1. The van der Waals surface area contributed by atoms with Crippen molar-refractivity contribution in [3.05, 3.63) is 64.4 Å². The van der Waals surface area contributed by atoms with Crippen LogP contribution in [0.5, 0.6) is 0 Å². The van der Waals surface area contributed by atoms with Gasteiger partial charge in [-0.3, -0.25) is 9.69 Å². The Morgan fingerprint density at radius 3 is 2.63 bits per heavy atom. The lowest BCUT2D eigenvalue weighted by molar-refractivity contribution is 0.0933. The first-order valence-electron chi connectivity index (χ1n) is 5.66. The number of carbonyl (C=O) groups is 1. The summed E-state index contributed by atoms with van der Waals surface area (Å²) >= 11 is 5.70. The average Bonchev–Trinajstić information content (AvgIpc) is 2.67. The fourth-order valence-corrected chi connectivity index (χ4v) is 2.39. The van der Waals surface area contributed by atoms with Crippen LogP contribution < -0.4 is 4.90 Å². The lowest BCUT2D eigenvalue weighted by Crippen LogP contribution is -2.28. The first-order chi connectivity index (χ1) is 9.11. The molecule has 2 aromatic carbocycles. The molecule has 1 aliphatic rings. The van der Waals surface area contributed by atoms with Crippen molar-refractivity contribution in [1.82, 2.24) is 0 Å². The molecule has 0 saturated carbocycles. The van der Waals surface area contributed by atoms with E-state index in [4.69, 9.17) is 11.6 Å². The maximum absolute atomic E-state index is 14.0. The van der Waals surface area contributed by atoms with Crippen LogP contribution in [0.3, 0.4) is 0 Å². The maximum Gasteiger partial charge on any atom is 0.261 e. The normalized spacial score (nSPS) is 17.7. The van der Waals surface area contributed by atoms with Gasteiger partial charge in [-0.15, -0.1) is 0 Å². The predicted octanol–water partition coefficient (Wildman–Crippen LogP) is 3.13. The Bertz CT molecular complexity index is 674. The number of amides is 1. The number of carbonyl (C=O) groups excluding carboxylic acids is 1. The molecular formula is C14H9ClFNO2. The van der Waals surface area contributed by atoms with E-state index in [1.807, 2.05) is 0 Å². The minimum absolute atomic E-state index is 0.0267. The van der Waals surface area contributed by atoms with Crippen LogP contribution in [0.2, 0.25) is 5.02 Å². The molecule has 1 aliphatic heterocycles. The molecule has 1 unspecified atom stereocenters. The molecule has 1 N–H and O–H groups in total. The topological polar surface area (TPSA) is 40.5 Å². The molecule has 0 bridgehead atoms. The van der Waals surface area contributed by atoms with Gasteiger partial charge in [0.2, 0.25) is 0 Å². The second-order valence-corrected chi connectivity index (χ2v) is 4.62. The van der Waals surface area contributed by atoms with Gasteiger partial charge in [-0.1, -0.05) is 35.9 Å². The quantitative estimate of drug-likeness (QED) is 0.870. The summed E-state index contributed by atoms with van der Waals surface area (Å²) in [6.45, 7) is 0. The van der Waals surface area contributed by atoms with Crippen molar-refractivity contribution in [3.63, 3.8) is 0 Å². The highest BCUT2D eigenvalue weighted by Crippen LogP contribution is 2.38. The van der Waals surface area contributed by atoms with Crippen molar-refractivity contribution >= 4 is 23.2 Å². The Kier molecular flexibility index (Phi) is 2.77. The standard InChI is InChI=1S/C14H9ClFNO2/c15-10-6-3-7-11(12(10)16)17-13(18)8-4-1-2-5-9(8)14(17)19/h1-7,13,18H.